The highest BCUT2D eigenvalue weighted by atomic mass is 19.4. The molecule has 0 spiro atoms. The third kappa shape index (κ3) is 4.47. The zero-order chi connectivity index (χ0) is 12.5. The standard InChI is InChI=1S/C12H21F3N2/c13-12(14,15)11(5-16)8-17(6-9-1-2-9)7-10-3-4-10/h9-11H,1-8,16H2. The van der Waals surface area contributed by atoms with Gasteiger partial charge in [0.1, 0.15) is 0 Å². The minimum atomic E-state index is -4.15. The molecule has 0 saturated heterocycles. The van der Waals surface area contributed by atoms with Crippen molar-refractivity contribution in [2.45, 2.75) is 31.9 Å². The van der Waals surface area contributed by atoms with E-state index in [2.05, 4.69) is 0 Å². The van der Waals surface area contributed by atoms with Crippen LogP contribution in [-0.4, -0.2) is 37.3 Å². The molecule has 2 aliphatic carbocycles. The number of hydrogen-bond donors (Lipinski definition) is 1. The van der Waals surface area contributed by atoms with Crippen molar-refractivity contribution in [3.8, 4) is 0 Å². The van der Waals surface area contributed by atoms with Crippen LogP contribution < -0.4 is 5.73 Å². The van der Waals surface area contributed by atoms with Crippen LogP contribution in [0.25, 0.3) is 0 Å². The van der Waals surface area contributed by atoms with E-state index < -0.39 is 12.1 Å². The summed E-state index contributed by atoms with van der Waals surface area (Å²) in [7, 11) is 0. The number of nitrogens with zero attached hydrogens (tertiary/aromatic N) is 1. The van der Waals surface area contributed by atoms with Gasteiger partial charge in [0.15, 0.2) is 0 Å². The van der Waals surface area contributed by atoms with Crippen LogP contribution in [0, 0.1) is 17.8 Å². The van der Waals surface area contributed by atoms with Gasteiger partial charge in [-0.1, -0.05) is 0 Å². The predicted molar refractivity (Wildman–Crippen MR) is 60.5 cm³/mol. The summed E-state index contributed by atoms with van der Waals surface area (Å²) in [6, 6.07) is 0. The molecule has 2 aliphatic rings. The van der Waals surface area contributed by atoms with Gasteiger partial charge in [-0.25, -0.2) is 0 Å². The summed E-state index contributed by atoms with van der Waals surface area (Å²) in [5.41, 5.74) is 5.25. The summed E-state index contributed by atoms with van der Waals surface area (Å²) >= 11 is 0. The smallest absolute Gasteiger partial charge is 0.330 e. The van der Waals surface area contributed by atoms with Gasteiger partial charge in [-0.3, -0.25) is 0 Å². The summed E-state index contributed by atoms with van der Waals surface area (Å²) in [6.07, 6.45) is 0.571. The molecule has 17 heavy (non-hydrogen) atoms. The van der Waals surface area contributed by atoms with Crippen LogP contribution in [-0.2, 0) is 0 Å². The molecule has 0 aromatic heterocycles. The van der Waals surface area contributed by atoms with E-state index in [-0.39, 0.29) is 13.1 Å². The SMILES string of the molecule is NCC(CN(CC1CC1)CC1CC1)C(F)(F)F. The lowest BCUT2D eigenvalue weighted by atomic mass is 10.1. The Balaban J connectivity index is 1.84. The van der Waals surface area contributed by atoms with Crippen LogP contribution in [0.1, 0.15) is 25.7 Å². The molecule has 2 rings (SSSR count). The highest BCUT2D eigenvalue weighted by molar-refractivity contribution is 4.84. The highest BCUT2D eigenvalue weighted by Gasteiger charge is 2.40. The van der Waals surface area contributed by atoms with Gasteiger partial charge in [0.2, 0.25) is 0 Å². The molecular weight excluding hydrogens is 229 g/mol. The lowest BCUT2D eigenvalue weighted by molar-refractivity contribution is -0.176. The molecule has 2 fully saturated rings. The second-order valence-corrected chi connectivity index (χ2v) is 5.58. The van der Waals surface area contributed by atoms with Gasteiger partial charge in [0.05, 0.1) is 5.92 Å². The van der Waals surface area contributed by atoms with E-state index in [0.717, 1.165) is 13.1 Å². The Morgan fingerprint density at radius 2 is 1.53 bits per heavy atom. The van der Waals surface area contributed by atoms with Crippen LogP contribution in [0.3, 0.4) is 0 Å². The average molecular weight is 250 g/mol. The Labute approximate surface area is 100 Å². The van der Waals surface area contributed by atoms with Gasteiger partial charge in [0.25, 0.3) is 0 Å². The molecule has 0 aliphatic heterocycles. The van der Waals surface area contributed by atoms with E-state index in [1.165, 1.54) is 25.7 Å². The number of hydrogen-bond acceptors (Lipinski definition) is 2. The lowest BCUT2D eigenvalue weighted by Crippen LogP contribution is -2.42. The summed E-state index contributed by atoms with van der Waals surface area (Å²) in [5, 5.41) is 0. The van der Waals surface area contributed by atoms with E-state index in [1.54, 1.807) is 0 Å². The van der Waals surface area contributed by atoms with Gasteiger partial charge in [-0.15, -0.1) is 0 Å². The maximum absolute atomic E-state index is 12.7. The second-order valence-electron chi connectivity index (χ2n) is 5.58. The topological polar surface area (TPSA) is 29.3 Å². The normalized spacial score (nSPS) is 23.1. The molecule has 0 radical (unpaired) electrons. The summed E-state index contributed by atoms with van der Waals surface area (Å²) < 4.78 is 38.0. The second kappa shape index (κ2) is 5.14. The van der Waals surface area contributed by atoms with Crippen molar-refractivity contribution in [3.63, 3.8) is 0 Å². The van der Waals surface area contributed by atoms with Crippen LogP contribution in [0.5, 0.6) is 0 Å². The molecule has 2 N–H and O–H groups in total. The first-order valence-electron chi connectivity index (χ1n) is 6.48. The van der Waals surface area contributed by atoms with Crippen molar-refractivity contribution >= 4 is 0 Å². The highest BCUT2D eigenvalue weighted by Crippen LogP contribution is 2.35. The van der Waals surface area contributed by atoms with Crippen molar-refractivity contribution < 1.29 is 13.2 Å². The number of nitrogens with two attached hydrogens (primary N) is 1. The van der Waals surface area contributed by atoms with Crippen molar-refractivity contribution in [1.82, 2.24) is 4.90 Å². The van der Waals surface area contributed by atoms with Gasteiger partial charge in [-0.05, 0) is 37.5 Å². The zero-order valence-electron chi connectivity index (χ0n) is 10.0. The first-order valence-corrected chi connectivity index (χ1v) is 6.48. The van der Waals surface area contributed by atoms with Gasteiger partial charge in [0, 0.05) is 26.2 Å². The predicted octanol–water partition coefficient (Wildman–Crippen LogP) is 2.25. The fraction of sp³-hybridized carbons (Fsp3) is 1.00. The molecule has 1 atom stereocenters. The quantitative estimate of drug-likeness (QED) is 0.751. The fourth-order valence-electron chi connectivity index (χ4n) is 2.18. The molecule has 5 heteroatoms. The Hall–Kier alpha value is -0.290. The molecule has 0 amide bonds. The van der Waals surface area contributed by atoms with Crippen molar-refractivity contribution in [3.05, 3.63) is 0 Å². The molecule has 100 valence electrons. The average Bonchev–Trinajstić information content (AvgIpc) is 3.06. The number of halogens is 3. The Morgan fingerprint density at radius 1 is 1.06 bits per heavy atom. The maximum atomic E-state index is 12.7. The van der Waals surface area contributed by atoms with Crippen molar-refractivity contribution in [1.29, 1.82) is 0 Å². The van der Waals surface area contributed by atoms with Crippen LogP contribution >= 0.6 is 0 Å². The first kappa shape index (κ1) is 13.1. The van der Waals surface area contributed by atoms with E-state index in [0.29, 0.717) is 11.8 Å². The number of rotatable bonds is 7. The lowest BCUT2D eigenvalue weighted by Gasteiger charge is -2.28. The largest absolute Gasteiger partial charge is 0.394 e. The maximum Gasteiger partial charge on any atom is 0.394 e. The Morgan fingerprint density at radius 3 is 1.82 bits per heavy atom. The third-order valence-electron chi connectivity index (χ3n) is 3.65. The summed E-state index contributed by atoms with van der Waals surface area (Å²) in [5.74, 6) is -0.0826. The summed E-state index contributed by atoms with van der Waals surface area (Å²) in [4.78, 5) is 2.00. The molecule has 0 bridgehead atoms. The van der Waals surface area contributed by atoms with Gasteiger partial charge >= 0.3 is 6.18 Å². The van der Waals surface area contributed by atoms with Crippen LogP contribution in [0.2, 0.25) is 0 Å². The number of alkyl halides is 3. The fourth-order valence-corrected chi connectivity index (χ4v) is 2.18. The molecule has 1 unspecified atom stereocenters. The Kier molecular flexibility index (Phi) is 3.98. The molecule has 0 heterocycles. The molecule has 0 aromatic rings. The van der Waals surface area contributed by atoms with Crippen molar-refractivity contribution in [2.75, 3.05) is 26.2 Å². The first-order chi connectivity index (χ1) is 7.99. The zero-order valence-corrected chi connectivity index (χ0v) is 10.0. The molecule has 2 nitrogen and oxygen atoms in total. The minimum absolute atomic E-state index is 0.0903. The monoisotopic (exact) mass is 250 g/mol. The third-order valence-corrected chi connectivity index (χ3v) is 3.65. The molecule has 0 aromatic carbocycles. The van der Waals surface area contributed by atoms with Gasteiger partial charge < -0.3 is 10.6 Å². The van der Waals surface area contributed by atoms with E-state index in [4.69, 9.17) is 5.73 Å². The van der Waals surface area contributed by atoms with Crippen molar-refractivity contribution in [2.24, 2.45) is 23.5 Å². The van der Waals surface area contributed by atoms with Gasteiger partial charge in [-0.2, -0.15) is 13.2 Å². The van der Waals surface area contributed by atoms with E-state index in [1.807, 2.05) is 4.90 Å². The van der Waals surface area contributed by atoms with E-state index in [9.17, 15) is 13.2 Å². The van der Waals surface area contributed by atoms with E-state index >= 15 is 0 Å². The Bertz CT molecular complexity index is 233. The molecular formula is C12H21F3N2. The minimum Gasteiger partial charge on any atom is -0.330 e. The van der Waals surface area contributed by atoms with Crippen LogP contribution in [0.4, 0.5) is 13.2 Å². The molecule has 2 saturated carbocycles. The van der Waals surface area contributed by atoms with Crippen LogP contribution in [0.15, 0.2) is 0 Å². The summed E-state index contributed by atoms with van der Waals surface area (Å²) in [6.45, 7) is 1.47.